The molecule has 1 saturated carbocycles. The average molecular weight is 275 g/mol. The summed E-state index contributed by atoms with van der Waals surface area (Å²) < 4.78 is 0. The summed E-state index contributed by atoms with van der Waals surface area (Å²) in [5, 5.41) is 3.16. The Morgan fingerprint density at radius 3 is 1.75 bits per heavy atom. The summed E-state index contributed by atoms with van der Waals surface area (Å²) in [6.07, 6.45) is 7.75. The van der Waals surface area contributed by atoms with Crippen LogP contribution in [0.15, 0.2) is 72.8 Å². The SMILES string of the molecule is C1=C[C@H]2C[C@@H]1C[C@H]2[Si](c1ccccc1)c1ccccc1. The van der Waals surface area contributed by atoms with Gasteiger partial charge in [0.05, 0.1) is 0 Å². The van der Waals surface area contributed by atoms with Crippen LogP contribution in [-0.4, -0.2) is 8.80 Å². The van der Waals surface area contributed by atoms with Crippen molar-refractivity contribution >= 4 is 19.2 Å². The minimum absolute atomic E-state index is 0.659. The molecule has 1 radical (unpaired) electrons. The predicted molar refractivity (Wildman–Crippen MR) is 87.0 cm³/mol. The van der Waals surface area contributed by atoms with Gasteiger partial charge in [-0.25, -0.2) is 0 Å². The average Bonchev–Trinajstić information content (AvgIpc) is 3.13. The Hall–Kier alpha value is -1.60. The molecule has 2 aliphatic rings. The van der Waals surface area contributed by atoms with Crippen molar-refractivity contribution in [1.82, 2.24) is 0 Å². The molecule has 0 nitrogen and oxygen atoms in total. The second-order valence-electron chi connectivity index (χ2n) is 6.03. The zero-order chi connectivity index (χ0) is 13.4. The van der Waals surface area contributed by atoms with Crippen molar-refractivity contribution in [2.45, 2.75) is 18.4 Å². The quantitative estimate of drug-likeness (QED) is 0.596. The molecular formula is C19H19Si. The first-order chi connectivity index (χ1) is 9.92. The van der Waals surface area contributed by atoms with Crippen molar-refractivity contribution in [3.8, 4) is 0 Å². The Bertz CT molecular complexity index is 563. The third kappa shape index (κ3) is 2.06. The minimum atomic E-state index is -0.659. The Labute approximate surface area is 122 Å². The molecule has 2 bridgehead atoms. The lowest BCUT2D eigenvalue weighted by atomic mass is 10.1. The van der Waals surface area contributed by atoms with Gasteiger partial charge in [0.25, 0.3) is 0 Å². The highest BCUT2D eigenvalue weighted by Crippen LogP contribution is 2.48. The molecule has 0 amide bonds. The van der Waals surface area contributed by atoms with Crippen LogP contribution in [0, 0.1) is 11.8 Å². The molecule has 0 aromatic heterocycles. The number of hydrogen-bond donors (Lipinski definition) is 0. The van der Waals surface area contributed by atoms with Crippen molar-refractivity contribution in [2.24, 2.45) is 11.8 Å². The number of benzene rings is 2. The van der Waals surface area contributed by atoms with Gasteiger partial charge in [0.15, 0.2) is 0 Å². The first-order valence-electron chi connectivity index (χ1n) is 7.58. The van der Waals surface area contributed by atoms with E-state index in [0.29, 0.717) is 0 Å². The van der Waals surface area contributed by atoms with Crippen LogP contribution in [0.5, 0.6) is 0 Å². The summed E-state index contributed by atoms with van der Waals surface area (Å²) in [6, 6.07) is 22.4. The van der Waals surface area contributed by atoms with Gasteiger partial charge >= 0.3 is 0 Å². The van der Waals surface area contributed by atoms with Gasteiger partial charge in [-0.05, 0) is 30.2 Å². The van der Waals surface area contributed by atoms with Gasteiger partial charge in [0.2, 0.25) is 0 Å². The van der Waals surface area contributed by atoms with Crippen LogP contribution in [0.2, 0.25) is 5.54 Å². The summed E-state index contributed by atoms with van der Waals surface area (Å²) in [4.78, 5) is 0. The topological polar surface area (TPSA) is 0 Å². The zero-order valence-electron chi connectivity index (χ0n) is 11.6. The van der Waals surface area contributed by atoms with E-state index in [2.05, 4.69) is 72.8 Å². The normalized spacial score (nSPS) is 27.4. The highest BCUT2D eigenvalue weighted by Gasteiger charge is 2.41. The van der Waals surface area contributed by atoms with Gasteiger partial charge in [0.1, 0.15) is 8.80 Å². The lowest BCUT2D eigenvalue weighted by molar-refractivity contribution is 0.688. The molecule has 0 aliphatic heterocycles. The molecule has 0 N–H and O–H groups in total. The van der Waals surface area contributed by atoms with Crippen molar-refractivity contribution in [1.29, 1.82) is 0 Å². The zero-order valence-corrected chi connectivity index (χ0v) is 12.6. The minimum Gasteiger partial charge on any atom is -0.0851 e. The van der Waals surface area contributed by atoms with Gasteiger partial charge < -0.3 is 0 Å². The molecule has 0 saturated heterocycles. The van der Waals surface area contributed by atoms with E-state index in [4.69, 9.17) is 0 Å². The molecule has 2 aromatic rings. The third-order valence-electron chi connectivity index (χ3n) is 4.82. The van der Waals surface area contributed by atoms with E-state index < -0.39 is 8.80 Å². The molecule has 0 unspecified atom stereocenters. The van der Waals surface area contributed by atoms with Gasteiger partial charge in [-0.3, -0.25) is 0 Å². The van der Waals surface area contributed by atoms with E-state index in [1.807, 2.05) is 0 Å². The molecule has 1 fully saturated rings. The standard InChI is InChI=1S/C19H19Si/c1-3-7-17(8-4-1)20(18-9-5-2-6-10-18)19-14-15-11-12-16(19)13-15/h1-12,15-16,19H,13-14H2/t15-,16+,19-/m1/s1. The fourth-order valence-electron chi connectivity index (χ4n) is 3.94. The maximum atomic E-state index is 2.50. The molecule has 3 atom stereocenters. The fraction of sp³-hybridized carbons (Fsp3) is 0.263. The van der Waals surface area contributed by atoms with E-state index in [-0.39, 0.29) is 0 Å². The first kappa shape index (κ1) is 12.2. The van der Waals surface area contributed by atoms with Crippen molar-refractivity contribution in [3.05, 3.63) is 72.8 Å². The molecule has 2 aromatic carbocycles. The van der Waals surface area contributed by atoms with Crippen LogP contribution < -0.4 is 10.4 Å². The second-order valence-corrected chi connectivity index (χ2v) is 8.76. The number of hydrogen-bond acceptors (Lipinski definition) is 0. The van der Waals surface area contributed by atoms with Crippen molar-refractivity contribution < 1.29 is 0 Å². The molecule has 20 heavy (non-hydrogen) atoms. The van der Waals surface area contributed by atoms with E-state index >= 15 is 0 Å². The fourth-order valence-corrected chi connectivity index (χ4v) is 7.45. The lowest BCUT2D eigenvalue weighted by Gasteiger charge is -2.27. The summed E-state index contributed by atoms with van der Waals surface area (Å²) in [5.41, 5.74) is 0.875. The molecule has 4 rings (SSSR count). The van der Waals surface area contributed by atoms with Crippen molar-refractivity contribution in [3.63, 3.8) is 0 Å². The maximum absolute atomic E-state index is 2.50. The van der Waals surface area contributed by atoms with Crippen molar-refractivity contribution in [2.75, 3.05) is 0 Å². The number of rotatable bonds is 3. The van der Waals surface area contributed by atoms with Crippen LogP contribution in [0.1, 0.15) is 12.8 Å². The first-order valence-corrected chi connectivity index (χ1v) is 9.15. The summed E-state index contributed by atoms with van der Waals surface area (Å²) in [7, 11) is -0.659. The number of allylic oxidation sites excluding steroid dienone is 2. The monoisotopic (exact) mass is 275 g/mol. The molecule has 99 valence electrons. The number of fused-ring (bicyclic) bond motifs is 2. The molecule has 0 heterocycles. The lowest BCUT2D eigenvalue weighted by Crippen LogP contribution is -2.47. The van der Waals surface area contributed by atoms with E-state index in [1.165, 1.54) is 12.8 Å². The van der Waals surface area contributed by atoms with Crippen LogP contribution in [0.3, 0.4) is 0 Å². The van der Waals surface area contributed by atoms with Gasteiger partial charge in [-0.2, -0.15) is 0 Å². The van der Waals surface area contributed by atoms with Crippen LogP contribution >= 0.6 is 0 Å². The van der Waals surface area contributed by atoms with E-state index in [0.717, 1.165) is 17.4 Å². The Kier molecular flexibility index (Phi) is 3.08. The molecule has 2 aliphatic carbocycles. The summed E-state index contributed by atoms with van der Waals surface area (Å²) in [6.45, 7) is 0. The van der Waals surface area contributed by atoms with E-state index in [1.54, 1.807) is 10.4 Å². The molecule has 0 spiro atoms. The highest BCUT2D eigenvalue weighted by atomic mass is 28.3. The highest BCUT2D eigenvalue weighted by molar-refractivity contribution is 6.86. The third-order valence-corrected chi connectivity index (χ3v) is 8.14. The predicted octanol–water partition coefficient (Wildman–Crippen LogP) is 3.26. The molecule has 1 heteroatoms. The largest absolute Gasteiger partial charge is 0.125 e. The summed E-state index contributed by atoms with van der Waals surface area (Å²) in [5.74, 6) is 1.69. The van der Waals surface area contributed by atoms with Gasteiger partial charge in [-0.1, -0.05) is 83.2 Å². The smallest absolute Gasteiger partial charge is 0.0851 e. The Morgan fingerprint density at radius 2 is 1.30 bits per heavy atom. The Balaban J connectivity index is 1.76. The van der Waals surface area contributed by atoms with Crippen LogP contribution in [0.4, 0.5) is 0 Å². The van der Waals surface area contributed by atoms with Crippen LogP contribution in [0.25, 0.3) is 0 Å². The van der Waals surface area contributed by atoms with E-state index in [9.17, 15) is 0 Å². The second kappa shape index (κ2) is 5.06. The summed E-state index contributed by atoms with van der Waals surface area (Å²) >= 11 is 0. The maximum Gasteiger partial charge on any atom is 0.125 e. The Morgan fingerprint density at radius 1 is 0.700 bits per heavy atom. The van der Waals surface area contributed by atoms with Crippen LogP contribution in [-0.2, 0) is 0 Å². The molecular weight excluding hydrogens is 256 g/mol. The van der Waals surface area contributed by atoms with Gasteiger partial charge in [0, 0.05) is 0 Å². The van der Waals surface area contributed by atoms with Gasteiger partial charge in [-0.15, -0.1) is 0 Å².